The van der Waals surface area contributed by atoms with Gasteiger partial charge in [-0.2, -0.15) is 0 Å². The van der Waals surface area contributed by atoms with Crippen molar-refractivity contribution in [3.63, 3.8) is 0 Å². The van der Waals surface area contributed by atoms with Crippen molar-refractivity contribution in [2.45, 2.75) is 6.23 Å². The Balaban J connectivity index is 1.62. The molecule has 7 heteroatoms. The molecule has 136 valence electrons. The summed E-state index contributed by atoms with van der Waals surface area (Å²) in [5.74, 6) is -0.404. The summed E-state index contributed by atoms with van der Waals surface area (Å²) in [7, 11) is 0. The van der Waals surface area contributed by atoms with Gasteiger partial charge in [-0.15, -0.1) is 0 Å². The van der Waals surface area contributed by atoms with Gasteiger partial charge in [0, 0.05) is 37.4 Å². The van der Waals surface area contributed by atoms with Crippen LogP contribution in [0, 0.1) is 5.41 Å². The van der Waals surface area contributed by atoms with E-state index in [1.165, 1.54) is 0 Å². The number of nitrogens with two attached hydrogens (primary N) is 1. The van der Waals surface area contributed by atoms with Gasteiger partial charge in [0.1, 0.15) is 11.6 Å². The third kappa shape index (κ3) is 4.12. The number of para-hydroxylation sites is 1. The van der Waals surface area contributed by atoms with Crippen LogP contribution in [0.5, 0.6) is 5.75 Å². The molecule has 1 unspecified atom stereocenters. The molecule has 2 aromatic carbocycles. The lowest BCUT2D eigenvalue weighted by molar-refractivity contribution is -0.155. The number of nitrogens with zero attached hydrogens (tertiary/aromatic N) is 2. The molecule has 2 aromatic rings. The van der Waals surface area contributed by atoms with Gasteiger partial charge in [-0.05, 0) is 36.4 Å². The Morgan fingerprint density at radius 2 is 1.65 bits per heavy atom. The molecule has 1 aliphatic heterocycles. The van der Waals surface area contributed by atoms with Crippen LogP contribution >= 0.6 is 0 Å². The lowest BCUT2D eigenvalue weighted by atomic mass is 10.1. The number of hydrogen-bond acceptors (Lipinski definition) is 5. The van der Waals surface area contributed by atoms with Crippen molar-refractivity contribution in [1.82, 2.24) is 4.90 Å². The van der Waals surface area contributed by atoms with Crippen LogP contribution in [0.25, 0.3) is 0 Å². The van der Waals surface area contributed by atoms with E-state index in [-0.39, 0.29) is 5.84 Å². The number of aliphatic carboxylic acids is 1. The van der Waals surface area contributed by atoms with E-state index >= 15 is 0 Å². The summed E-state index contributed by atoms with van der Waals surface area (Å²) in [5.41, 5.74) is 7.20. The number of nitrogens with one attached hydrogen (secondary N) is 1. The largest absolute Gasteiger partial charge is 0.477 e. The Hall–Kier alpha value is -3.06. The molecule has 1 aliphatic rings. The number of amidine groups is 1. The summed E-state index contributed by atoms with van der Waals surface area (Å²) in [6.07, 6.45) is -1.00. The Morgan fingerprint density at radius 1 is 1.04 bits per heavy atom. The van der Waals surface area contributed by atoms with Crippen molar-refractivity contribution < 1.29 is 14.6 Å². The molecule has 0 radical (unpaired) electrons. The second-order valence-corrected chi connectivity index (χ2v) is 6.11. The predicted octanol–water partition coefficient (Wildman–Crippen LogP) is 1.58. The van der Waals surface area contributed by atoms with E-state index in [1.807, 2.05) is 47.4 Å². The van der Waals surface area contributed by atoms with Gasteiger partial charge >= 0.3 is 5.97 Å². The number of rotatable bonds is 6. The second kappa shape index (κ2) is 7.88. The van der Waals surface area contributed by atoms with Crippen LogP contribution in [0.15, 0.2) is 54.6 Å². The van der Waals surface area contributed by atoms with Gasteiger partial charge in [-0.3, -0.25) is 10.3 Å². The Labute approximate surface area is 152 Å². The molecular weight excluding hydrogens is 332 g/mol. The highest BCUT2D eigenvalue weighted by molar-refractivity contribution is 5.95. The van der Waals surface area contributed by atoms with Crippen LogP contribution in [0.3, 0.4) is 0 Å². The standard InChI is InChI=1S/C19H22N4O3/c20-17(21)14-6-8-15(9-7-14)22-10-12-23(13-11-22)18(19(24)25)26-16-4-2-1-3-5-16/h1-9,18H,10-13H2,(H3,20,21)(H,24,25). The van der Waals surface area contributed by atoms with Crippen LogP contribution in [0.1, 0.15) is 5.56 Å². The maximum Gasteiger partial charge on any atom is 0.360 e. The molecule has 0 amide bonds. The van der Waals surface area contributed by atoms with E-state index in [2.05, 4.69) is 4.90 Å². The molecule has 0 spiro atoms. The van der Waals surface area contributed by atoms with Crippen molar-refractivity contribution >= 4 is 17.5 Å². The van der Waals surface area contributed by atoms with Crippen LogP contribution in [0.4, 0.5) is 5.69 Å². The van der Waals surface area contributed by atoms with Crippen molar-refractivity contribution in [3.05, 3.63) is 60.2 Å². The van der Waals surface area contributed by atoms with E-state index in [4.69, 9.17) is 15.9 Å². The molecule has 0 saturated carbocycles. The van der Waals surface area contributed by atoms with Gasteiger partial charge in [0.2, 0.25) is 0 Å². The summed E-state index contributed by atoms with van der Waals surface area (Å²) < 4.78 is 5.67. The molecule has 7 nitrogen and oxygen atoms in total. The first-order valence-electron chi connectivity index (χ1n) is 8.42. The average Bonchev–Trinajstić information content (AvgIpc) is 2.67. The van der Waals surface area contributed by atoms with Crippen LogP contribution in [-0.2, 0) is 4.79 Å². The fourth-order valence-corrected chi connectivity index (χ4v) is 2.98. The fraction of sp³-hybridized carbons (Fsp3) is 0.263. The number of nitrogen functional groups attached to an aromatic ring is 1. The highest BCUT2D eigenvalue weighted by Crippen LogP contribution is 2.20. The molecule has 1 saturated heterocycles. The number of anilines is 1. The van der Waals surface area contributed by atoms with Gasteiger partial charge in [0.15, 0.2) is 0 Å². The first-order chi connectivity index (χ1) is 12.5. The van der Waals surface area contributed by atoms with Crippen molar-refractivity contribution in [1.29, 1.82) is 5.41 Å². The number of hydrogen-bond donors (Lipinski definition) is 3. The van der Waals surface area contributed by atoms with E-state index in [0.29, 0.717) is 37.5 Å². The molecule has 0 aromatic heterocycles. The zero-order valence-corrected chi connectivity index (χ0v) is 14.3. The van der Waals surface area contributed by atoms with Crippen LogP contribution in [0.2, 0.25) is 0 Å². The summed E-state index contributed by atoms with van der Waals surface area (Å²) in [5, 5.41) is 17.0. The Kier molecular flexibility index (Phi) is 5.38. The Morgan fingerprint density at radius 3 is 2.19 bits per heavy atom. The third-order valence-electron chi connectivity index (χ3n) is 4.39. The number of carbonyl (C=O) groups is 1. The molecule has 1 atom stereocenters. The normalized spacial score (nSPS) is 16.1. The van der Waals surface area contributed by atoms with E-state index in [0.717, 1.165) is 5.69 Å². The maximum atomic E-state index is 11.6. The van der Waals surface area contributed by atoms with E-state index < -0.39 is 12.2 Å². The number of carboxylic acid groups (broad SMARTS) is 1. The number of carboxylic acids is 1. The van der Waals surface area contributed by atoms with E-state index in [9.17, 15) is 9.90 Å². The smallest absolute Gasteiger partial charge is 0.360 e. The molecule has 0 aliphatic carbocycles. The quantitative estimate of drug-likeness (QED) is 0.538. The van der Waals surface area contributed by atoms with E-state index in [1.54, 1.807) is 12.1 Å². The summed E-state index contributed by atoms with van der Waals surface area (Å²) in [6, 6.07) is 16.5. The molecule has 26 heavy (non-hydrogen) atoms. The number of benzene rings is 2. The summed E-state index contributed by atoms with van der Waals surface area (Å²) in [4.78, 5) is 15.7. The molecular formula is C19H22N4O3. The highest BCUT2D eigenvalue weighted by atomic mass is 16.5. The predicted molar refractivity (Wildman–Crippen MR) is 99.7 cm³/mol. The highest BCUT2D eigenvalue weighted by Gasteiger charge is 2.30. The Bertz CT molecular complexity index is 756. The molecule has 1 heterocycles. The van der Waals surface area contributed by atoms with Gasteiger partial charge in [0.25, 0.3) is 6.23 Å². The third-order valence-corrected chi connectivity index (χ3v) is 4.39. The first-order valence-corrected chi connectivity index (χ1v) is 8.42. The molecule has 1 fully saturated rings. The maximum absolute atomic E-state index is 11.6. The number of piperazine rings is 1. The topological polar surface area (TPSA) is 103 Å². The lowest BCUT2D eigenvalue weighted by Crippen LogP contribution is -2.54. The average molecular weight is 354 g/mol. The van der Waals surface area contributed by atoms with Gasteiger partial charge < -0.3 is 20.5 Å². The minimum absolute atomic E-state index is 0.0451. The first kappa shape index (κ1) is 17.8. The number of ether oxygens (including phenoxy) is 1. The van der Waals surface area contributed by atoms with Crippen molar-refractivity contribution in [2.75, 3.05) is 31.1 Å². The molecule has 4 N–H and O–H groups in total. The summed E-state index contributed by atoms with van der Waals surface area (Å²) >= 11 is 0. The minimum atomic E-state index is -1.00. The zero-order chi connectivity index (χ0) is 18.5. The lowest BCUT2D eigenvalue weighted by Gasteiger charge is -2.38. The van der Waals surface area contributed by atoms with Crippen molar-refractivity contribution in [2.24, 2.45) is 5.73 Å². The zero-order valence-electron chi connectivity index (χ0n) is 14.3. The van der Waals surface area contributed by atoms with Crippen molar-refractivity contribution in [3.8, 4) is 5.75 Å². The molecule has 3 rings (SSSR count). The van der Waals surface area contributed by atoms with Gasteiger partial charge in [-0.1, -0.05) is 18.2 Å². The second-order valence-electron chi connectivity index (χ2n) is 6.11. The van der Waals surface area contributed by atoms with Crippen LogP contribution in [-0.4, -0.2) is 54.2 Å². The minimum Gasteiger partial charge on any atom is -0.477 e. The fourth-order valence-electron chi connectivity index (χ4n) is 2.98. The molecule has 0 bridgehead atoms. The van der Waals surface area contributed by atoms with Crippen LogP contribution < -0.4 is 15.4 Å². The monoisotopic (exact) mass is 354 g/mol. The SMILES string of the molecule is N=C(N)c1ccc(N2CCN(C(Oc3ccccc3)C(=O)O)CC2)cc1. The summed E-state index contributed by atoms with van der Waals surface area (Å²) in [6.45, 7) is 2.55. The van der Waals surface area contributed by atoms with Gasteiger partial charge in [0.05, 0.1) is 0 Å². The van der Waals surface area contributed by atoms with Gasteiger partial charge in [-0.25, -0.2) is 4.79 Å².